The fourth-order valence-electron chi connectivity index (χ4n) is 3.03. The van der Waals surface area contributed by atoms with E-state index in [1.165, 1.54) is 11.1 Å². The third kappa shape index (κ3) is 4.74. The standard InChI is InChI=1S/C23H26N4O/c1-5-19-8-6-7-16(3)21(19)27-23-25-17(4)13-20(26-23)22(28)24-14-18-11-9-15(2)10-12-18/h6-13H,5,14H2,1-4H3,(H,24,28)(H,25,26,27). The highest BCUT2D eigenvalue weighted by Gasteiger charge is 2.12. The van der Waals surface area contributed by atoms with Crippen LogP contribution < -0.4 is 10.6 Å². The van der Waals surface area contributed by atoms with Gasteiger partial charge >= 0.3 is 0 Å². The van der Waals surface area contributed by atoms with Crippen LogP contribution in [0.15, 0.2) is 48.5 Å². The van der Waals surface area contributed by atoms with Crippen molar-refractivity contribution in [1.29, 1.82) is 0 Å². The summed E-state index contributed by atoms with van der Waals surface area (Å²) in [4.78, 5) is 21.5. The summed E-state index contributed by atoms with van der Waals surface area (Å²) in [5.74, 6) is 0.221. The molecule has 0 fully saturated rings. The minimum absolute atomic E-state index is 0.213. The Hall–Kier alpha value is -3.21. The summed E-state index contributed by atoms with van der Waals surface area (Å²) in [6.45, 7) is 8.53. The molecule has 3 aromatic rings. The summed E-state index contributed by atoms with van der Waals surface area (Å²) < 4.78 is 0. The predicted octanol–water partition coefficient (Wildman–Crippen LogP) is 4.64. The van der Waals surface area contributed by atoms with Crippen LogP contribution in [0.5, 0.6) is 0 Å². The third-order valence-electron chi connectivity index (χ3n) is 4.64. The van der Waals surface area contributed by atoms with Crippen LogP contribution in [0.25, 0.3) is 0 Å². The van der Waals surface area contributed by atoms with Gasteiger partial charge in [0, 0.05) is 17.9 Å². The van der Waals surface area contributed by atoms with Gasteiger partial charge < -0.3 is 10.6 Å². The van der Waals surface area contributed by atoms with Crippen LogP contribution in [0.4, 0.5) is 11.6 Å². The average Bonchev–Trinajstić information content (AvgIpc) is 2.68. The molecule has 0 spiro atoms. The van der Waals surface area contributed by atoms with Crippen molar-refractivity contribution < 1.29 is 4.79 Å². The maximum absolute atomic E-state index is 12.6. The van der Waals surface area contributed by atoms with Gasteiger partial charge in [-0.2, -0.15) is 0 Å². The first kappa shape index (κ1) is 19.5. The van der Waals surface area contributed by atoms with Crippen LogP contribution in [-0.4, -0.2) is 15.9 Å². The number of nitrogens with zero attached hydrogens (tertiary/aromatic N) is 2. The Balaban J connectivity index is 1.77. The lowest BCUT2D eigenvalue weighted by Crippen LogP contribution is -2.24. The molecule has 0 bridgehead atoms. The number of aryl methyl sites for hydroxylation is 4. The van der Waals surface area contributed by atoms with Crippen LogP contribution in [0.3, 0.4) is 0 Å². The zero-order valence-electron chi connectivity index (χ0n) is 16.8. The maximum Gasteiger partial charge on any atom is 0.270 e. The lowest BCUT2D eigenvalue weighted by atomic mass is 10.1. The molecular weight excluding hydrogens is 348 g/mol. The largest absolute Gasteiger partial charge is 0.347 e. The molecule has 1 amide bonds. The van der Waals surface area contributed by atoms with Gasteiger partial charge in [0.15, 0.2) is 0 Å². The number of nitrogens with one attached hydrogen (secondary N) is 2. The van der Waals surface area contributed by atoms with E-state index in [1.807, 2.05) is 57.2 Å². The van der Waals surface area contributed by atoms with Crippen molar-refractivity contribution in [2.24, 2.45) is 0 Å². The molecule has 0 saturated carbocycles. The summed E-state index contributed by atoms with van der Waals surface area (Å²) in [6, 6.07) is 16.0. The number of carbonyl (C=O) groups excluding carboxylic acids is 1. The second-order valence-electron chi connectivity index (χ2n) is 6.97. The monoisotopic (exact) mass is 374 g/mol. The van der Waals surface area contributed by atoms with E-state index in [2.05, 4.69) is 33.6 Å². The lowest BCUT2D eigenvalue weighted by molar-refractivity contribution is 0.0945. The van der Waals surface area contributed by atoms with Crippen LogP contribution in [0.1, 0.15) is 45.4 Å². The molecule has 2 N–H and O–H groups in total. The highest BCUT2D eigenvalue weighted by atomic mass is 16.1. The quantitative estimate of drug-likeness (QED) is 0.660. The second-order valence-corrected chi connectivity index (χ2v) is 6.97. The van der Waals surface area contributed by atoms with Gasteiger partial charge in [-0.15, -0.1) is 0 Å². The summed E-state index contributed by atoms with van der Waals surface area (Å²) in [5, 5.41) is 6.24. The zero-order valence-corrected chi connectivity index (χ0v) is 16.8. The van der Waals surface area contributed by atoms with E-state index in [4.69, 9.17) is 0 Å². The molecule has 0 radical (unpaired) electrons. The molecule has 28 heavy (non-hydrogen) atoms. The Bertz CT molecular complexity index is 980. The number of amides is 1. The maximum atomic E-state index is 12.6. The highest BCUT2D eigenvalue weighted by molar-refractivity contribution is 5.92. The normalized spacial score (nSPS) is 10.6. The van der Waals surface area contributed by atoms with Crippen LogP contribution in [0.2, 0.25) is 0 Å². The van der Waals surface area contributed by atoms with Crippen molar-refractivity contribution in [3.8, 4) is 0 Å². The van der Waals surface area contributed by atoms with Crippen molar-refractivity contribution in [3.63, 3.8) is 0 Å². The molecule has 1 aromatic heterocycles. The first-order valence-corrected chi connectivity index (χ1v) is 9.51. The van der Waals surface area contributed by atoms with Crippen molar-refractivity contribution in [3.05, 3.63) is 82.2 Å². The van der Waals surface area contributed by atoms with E-state index in [1.54, 1.807) is 6.07 Å². The number of hydrogen-bond donors (Lipinski definition) is 2. The van der Waals surface area contributed by atoms with Crippen LogP contribution in [0, 0.1) is 20.8 Å². The third-order valence-corrected chi connectivity index (χ3v) is 4.64. The Morgan fingerprint density at radius 3 is 2.46 bits per heavy atom. The Kier molecular flexibility index (Phi) is 6.04. The summed E-state index contributed by atoms with van der Waals surface area (Å²) >= 11 is 0. The number of carbonyl (C=O) groups is 1. The molecule has 5 nitrogen and oxygen atoms in total. The lowest BCUT2D eigenvalue weighted by Gasteiger charge is -2.14. The SMILES string of the molecule is CCc1cccc(C)c1Nc1nc(C)cc(C(=O)NCc2ccc(C)cc2)n1. The van der Waals surface area contributed by atoms with Gasteiger partial charge in [0.25, 0.3) is 5.91 Å². The fraction of sp³-hybridized carbons (Fsp3) is 0.261. The van der Waals surface area contributed by atoms with Gasteiger partial charge in [0.05, 0.1) is 0 Å². The van der Waals surface area contributed by atoms with Gasteiger partial charge in [-0.3, -0.25) is 4.79 Å². The van der Waals surface area contributed by atoms with E-state index in [9.17, 15) is 4.79 Å². The van der Waals surface area contributed by atoms with E-state index in [-0.39, 0.29) is 5.91 Å². The number of para-hydroxylation sites is 1. The smallest absolute Gasteiger partial charge is 0.270 e. The van der Waals surface area contributed by atoms with Crippen molar-refractivity contribution in [2.75, 3.05) is 5.32 Å². The summed E-state index contributed by atoms with van der Waals surface area (Å²) in [6.07, 6.45) is 0.903. The van der Waals surface area contributed by atoms with Gasteiger partial charge in [-0.05, 0) is 49.9 Å². The zero-order chi connectivity index (χ0) is 20.1. The topological polar surface area (TPSA) is 66.9 Å². The minimum Gasteiger partial charge on any atom is -0.347 e. The minimum atomic E-state index is -0.213. The van der Waals surface area contributed by atoms with E-state index < -0.39 is 0 Å². The molecule has 144 valence electrons. The molecule has 0 atom stereocenters. The number of rotatable bonds is 6. The first-order valence-electron chi connectivity index (χ1n) is 9.51. The summed E-state index contributed by atoms with van der Waals surface area (Å²) in [7, 11) is 0. The number of anilines is 2. The van der Waals surface area contributed by atoms with Gasteiger partial charge in [0.1, 0.15) is 5.69 Å². The number of aromatic nitrogens is 2. The molecule has 2 aromatic carbocycles. The van der Waals surface area contributed by atoms with Crippen molar-refractivity contribution in [1.82, 2.24) is 15.3 Å². The van der Waals surface area contributed by atoms with Gasteiger partial charge in [-0.1, -0.05) is 55.0 Å². The Morgan fingerprint density at radius 2 is 1.75 bits per heavy atom. The fourth-order valence-corrected chi connectivity index (χ4v) is 3.03. The number of benzene rings is 2. The molecule has 0 aliphatic carbocycles. The first-order chi connectivity index (χ1) is 13.5. The molecule has 0 aliphatic heterocycles. The highest BCUT2D eigenvalue weighted by Crippen LogP contribution is 2.24. The molecule has 0 unspecified atom stereocenters. The Labute approximate surface area is 166 Å². The van der Waals surface area contributed by atoms with Crippen molar-refractivity contribution in [2.45, 2.75) is 40.7 Å². The van der Waals surface area contributed by atoms with E-state index in [0.29, 0.717) is 18.2 Å². The molecule has 1 heterocycles. The molecular formula is C23H26N4O. The van der Waals surface area contributed by atoms with E-state index in [0.717, 1.165) is 28.9 Å². The number of hydrogen-bond acceptors (Lipinski definition) is 4. The van der Waals surface area contributed by atoms with Crippen LogP contribution in [-0.2, 0) is 13.0 Å². The van der Waals surface area contributed by atoms with Crippen LogP contribution >= 0.6 is 0 Å². The molecule has 5 heteroatoms. The molecule has 3 rings (SSSR count). The van der Waals surface area contributed by atoms with E-state index >= 15 is 0 Å². The Morgan fingerprint density at radius 1 is 1.00 bits per heavy atom. The van der Waals surface area contributed by atoms with Gasteiger partial charge in [-0.25, -0.2) is 9.97 Å². The van der Waals surface area contributed by atoms with Crippen molar-refractivity contribution >= 4 is 17.5 Å². The summed E-state index contributed by atoms with van der Waals surface area (Å²) in [5.41, 5.74) is 6.65. The second kappa shape index (κ2) is 8.65. The molecule has 0 saturated heterocycles. The van der Waals surface area contributed by atoms with Gasteiger partial charge in [0.2, 0.25) is 5.95 Å². The molecule has 0 aliphatic rings. The average molecular weight is 374 g/mol. The predicted molar refractivity (Wildman–Crippen MR) is 113 cm³/mol.